The molecule has 144 valence electrons. The van der Waals surface area contributed by atoms with E-state index in [9.17, 15) is 8.42 Å². The SMILES string of the molecule is O=S(=O)(N1CCCC1)N1CCN(c2ccnc(N3CCCCC3)n2)CC1. The molecule has 0 aromatic carbocycles. The summed E-state index contributed by atoms with van der Waals surface area (Å²) in [6.07, 6.45) is 7.43. The predicted molar refractivity (Wildman–Crippen MR) is 102 cm³/mol. The molecule has 3 saturated heterocycles. The van der Waals surface area contributed by atoms with Gasteiger partial charge in [-0.2, -0.15) is 22.0 Å². The van der Waals surface area contributed by atoms with Crippen molar-refractivity contribution < 1.29 is 8.42 Å². The van der Waals surface area contributed by atoms with E-state index in [2.05, 4.69) is 14.8 Å². The van der Waals surface area contributed by atoms with Crippen molar-refractivity contribution in [3.63, 3.8) is 0 Å². The quantitative estimate of drug-likeness (QED) is 0.774. The summed E-state index contributed by atoms with van der Waals surface area (Å²) in [6, 6.07) is 1.93. The molecule has 4 rings (SSSR count). The first-order valence-corrected chi connectivity index (χ1v) is 11.1. The van der Waals surface area contributed by atoms with Crippen LogP contribution in [0, 0.1) is 0 Å². The van der Waals surface area contributed by atoms with Gasteiger partial charge in [-0.15, -0.1) is 0 Å². The van der Waals surface area contributed by atoms with Crippen LogP contribution in [-0.2, 0) is 10.2 Å². The highest BCUT2D eigenvalue weighted by molar-refractivity contribution is 7.86. The number of rotatable bonds is 4. The van der Waals surface area contributed by atoms with Gasteiger partial charge >= 0.3 is 0 Å². The van der Waals surface area contributed by atoms with E-state index in [0.29, 0.717) is 39.3 Å². The van der Waals surface area contributed by atoms with E-state index in [1.54, 1.807) is 8.61 Å². The minimum Gasteiger partial charge on any atom is -0.354 e. The zero-order valence-corrected chi connectivity index (χ0v) is 16.1. The number of hydrogen-bond acceptors (Lipinski definition) is 6. The smallest absolute Gasteiger partial charge is 0.282 e. The number of piperidine rings is 1. The Labute approximate surface area is 156 Å². The van der Waals surface area contributed by atoms with Gasteiger partial charge in [0, 0.05) is 58.6 Å². The van der Waals surface area contributed by atoms with Gasteiger partial charge < -0.3 is 9.80 Å². The first-order chi connectivity index (χ1) is 12.6. The van der Waals surface area contributed by atoms with Gasteiger partial charge in [0.2, 0.25) is 5.95 Å². The molecule has 8 nitrogen and oxygen atoms in total. The molecule has 0 N–H and O–H groups in total. The van der Waals surface area contributed by atoms with E-state index < -0.39 is 10.2 Å². The van der Waals surface area contributed by atoms with Gasteiger partial charge in [-0.1, -0.05) is 0 Å². The summed E-state index contributed by atoms with van der Waals surface area (Å²) in [5, 5.41) is 0. The van der Waals surface area contributed by atoms with Crippen LogP contribution in [0.1, 0.15) is 32.1 Å². The van der Waals surface area contributed by atoms with E-state index >= 15 is 0 Å². The fraction of sp³-hybridized carbons (Fsp3) is 0.765. The average molecular weight is 381 g/mol. The van der Waals surface area contributed by atoms with Crippen molar-refractivity contribution in [2.24, 2.45) is 0 Å². The molecule has 0 saturated carbocycles. The Morgan fingerprint density at radius 3 is 2.04 bits per heavy atom. The summed E-state index contributed by atoms with van der Waals surface area (Å²) in [5.74, 6) is 1.70. The largest absolute Gasteiger partial charge is 0.354 e. The molecular weight excluding hydrogens is 352 g/mol. The highest BCUT2D eigenvalue weighted by Gasteiger charge is 2.34. The highest BCUT2D eigenvalue weighted by Crippen LogP contribution is 2.22. The second kappa shape index (κ2) is 7.66. The van der Waals surface area contributed by atoms with Crippen molar-refractivity contribution in [1.29, 1.82) is 0 Å². The maximum atomic E-state index is 12.7. The summed E-state index contributed by atoms with van der Waals surface area (Å²) < 4.78 is 28.6. The molecule has 0 atom stereocenters. The monoisotopic (exact) mass is 380 g/mol. The predicted octanol–water partition coefficient (Wildman–Crippen LogP) is 0.930. The Morgan fingerprint density at radius 2 is 1.35 bits per heavy atom. The molecule has 0 spiro atoms. The van der Waals surface area contributed by atoms with Crippen molar-refractivity contribution in [2.45, 2.75) is 32.1 Å². The standard InChI is InChI=1S/C17H28N6O2S/c24-26(25,22-10-4-5-11-22)23-14-12-20(13-15-23)16-6-7-18-17(19-16)21-8-2-1-3-9-21/h6-7H,1-5,8-15H2. The second-order valence-electron chi connectivity index (χ2n) is 7.26. The van der Waals surface area contributed by atoms with Gasteiger partial charge in [-0.25, -0.2) is 4.98 Å². The minimum absolute atomic E-state index is 0.516. The van der Waals surface area contributed by atoms with Gasteiger partial charge in [0.05, 0.1) is 0 Å². The summed E-state index contributed by atoms with van der Waals surface area (Å²) in [4.78, 5) is 13.6. The Morgan fingerprint density at radius 1 is 0.731 bits per heavy atom. The molecule has 3 fully saturated rings. The molecule has 0 amide bonds. The molecule has 9 heteroatoms. The van der Waals surface area contributed by atoms with Crippen LogP contribution in [0.4, 0.5) is 11.8 Å². The fourth-order valence-corrected chi connectivity index (χ4v) is 5.66. The lowest BCUT2D eigenvalue weighted by Gasteiger charge is -2.36. The normalized spacial score (nSPS) is 23.5. The number of aromatic nitrogens is 2. The third kappa shape index (κ3) is 3.65. The molecule has 0 bridgehead atoms. The van der Waals surface area contributed by atoms with Crippen LogP contribution in [0.25, 0.3) is 0 Å². The van der Waals surface area contributed by atoms with Crippen LogP contribution in [0.15, 0.2) is 12.3 Å². The molecule has 1 aromatic heterocycles. The van der Waals surface area contributed by atoms with Crippen molar-refractivity contribution in [3.8, 4) is 0 Å². The van der Waals surface area contributed by atoms with Crippen LogP contribution < -0.4 is 9.80 Å². The van der Waals surface area contributed by atoms with Gasteiger partial charge in [0.15, 0.2) is 0 Å². The summed E-state index contributed by atoms with van der Waals surface area (Å²) in [6.45, 7) is 5.73. The fourth-order valence-electron chi connectivity index (χ4n) is 3.99. The summed E-state index contributed by atoms with van der Waals surface area (Å²) in [7, 11) is -3.29. The molecule has 0 radical (unpaired) electrons. The zero-order chi connectivity index (χ0) is 18.0. The lowest BCUT2D eigenvalue weighted by molar-refractivity contribution is 0.343. The van der Waals surface area contributed by atoms with Gasteiger partial charge in [0.25, 0.3) is 10.2 Å². The van der Waals surface area contributed by atoms with Crippen molar-refractivity contribution >= 4 is 22.0 Å². The zero-order valence-electron chi connectivity index (χ0n) is 15.3. The molecule has 0 aliphatic carbocycles. The molecule has 3 aliphatic rings. The van der Waals surface area contributed by atoms with E-state index in [0.717, 1.165) is 37.7 Å². The van der Waals surface area contributed by atoms with Gasteiger partial charge in [-0.05, 0) is 38.2 Å². The molecular formula is C17H28N6O2S. The third-order valence-electron chi connectivity index (χ3n) is 5.55. The van der Waals surface area contributed by atoms with Crippen LogP contribution >= 0.6 is 0 Å². The van der Waals surface area contributed by atoms with E-state index in [1.165, 1.54) is 19.3 Å². The van der Waals surface area contributed by atoms with Crippen LogP contribution in [0.3, 0.4) is 0 Å². The lowest BCUT2D eigenvalue weighted by Crippen LogP contribution is -2.52. The van der Waals surface area contributed by atoms with Crippen molar-refractivity contribution in [3.05, 3.63) is 12.3 Å². The average Bonchev–Trinajstić information content (AvgIpc) is 3.25. The minimum atomic E-state index is -3.29. The Bertz CT molecular complexity index is 708. The summed E-state index contributed by atoms with van der Waals surface area (Å²) in [5.41, 5.74) is 0. The first kappa shape index (κ1) is 17.9. The number of anilines is 2. The number of hydrogen-bond donors (Lipinski definition) is 0. The molecule has 1 aromatic rings. The van der Waals surface area contributed by atoms with E-state index in [1.807, 2.05) is 12.3 Å². The van der Waals surface area contributed by atoms with Crippen molar-refractivity contribution in [1.82, 2.24) is 18.6 Å². The van der Waals surface area contributed by atoms with Crippen LogP contribution in [0.5, 0.6) is 0 Å². The first-order valence-electron chi connectivity index (χ1n) is 9.73. The number of nitrogens with zero attached hydrogens (tertiary/aromatic N) is 6. The Kier molecular flexibility index (Phi) is 5.28. The Balaban J connectivity index is 1.40. The highest BCUT2D eigenvalue weighted by atomic mass is 32.2. The van der Waals surface area contributed by atoms with Crippen molar-refractivity contribution in [2.75, 3.05) is 62.2 Å². The maximum Gasteiger partial charge on any atom is 0.282 e. The second-order valence-corrected chi connectivity index (χ2v) is 9.19. The molecule has 3 aliphatic heterocycles. The van der Waals surface area contributed by atoms with Crippen LogP contribution in [-0.4, -0.2) is 79.4 Å². The molecule has 4 heterocycles. The maximum absolute atomic E-state index is 12.7. The summed E-state index contributed by atoms with van der Waals surface area (Å²) >= 11 is 0. The third-order valence-corrected chi connectivity index (χ3v) is 7.58. The molecule has 26 heavy (non-hydrogen) atoms. The lowest BCUT2D eigenvalue weighted by atomic mass is 10.1. The molecule has 0 unspecified atom stereocenters. The topological polar surface area (TPSA) is 72.9 Å². The van der Waals surface area contributed by atoms with E-state index in [4.69, 9.17) is 4.98 Å². The van der Waals surface area contributed by atoms with Crippen LogP contribution in [0.2, 0.25) is 0 Å². The van der Waals surface area contributed by atoms with Gasteiger partial charge in [0.1, 0.15) is 5.82 Å². The van der Waals surface area contributed by atoms with Gasteiger partial charge in [-0.3, -0.25) is 0 Å². The Hall–Kier alpha value is -1.45. The van der Waals surface area contributed by atoms with E-state index in [-0.39, 0.29) is 0 Å². The number of piperazine rings is 1.